The SMILES string of the molecule is Cn1ccnc1C(O)(CC(=O)N1CCCC(C(=O)NCC2CC2)C1)C(F)(F)F. The molecule has 10 heteroatoms. The summed E-state index contributed by atoms with van der Waals surface area (Å²) < 4.78 is 41.9. The van der Waals surface area contributed by atoms with E-state index >= 15 is 0 Å². The van der Waals surface area contributed by atoms with E-state index in [1.165, 1.54) is 18.1 Å². The van der Waals surface area contributed by atoms with Crippen molar-refractivity contribution in [1.29, 1.82) is 0 Å². The largest absolute Gasteiger partial charge is 0.425 e. The summed E-state index contributed by atoms with van der Waals surface area (Å²) in [5, 5.41) is 13.2. The fourth-order valence-electron chi connectivity index (χ4n) is 3.53. The number of nitrogens with one attached hydrogen (secondary N) is 1. The quantitative estimate of drug-likeness (QED) is 0.752. The highest BCUT2D eigenvalue weighted by Crippen LogP contribution is 2.41. The standard InChI is InChI=1S/C18H25F3N4O3/c1-24-8-6-22-16(24)17(28,18(19,20)21)9-14(26)25-7-2-3-13(11-25)15(27)23-10-12-4-5-12/h6,8,12-13,28H,2-5,7,9-11H2,1H3,(H,23,27). The smallest absolute Gasteiger partial charge is 0.374 e. The van der Waals surface area contributed by atoms with Crippen LogP contribution in [-0.4, -0.2) is 57.2 Å². The van der Waals surface area contributed by atoms with Gasteiger partial charge in [-0.15, -0.1) is 0 Å². The molecular formula is C18H25F3N4O3. The van der Waals surface area contributed by atoms with Crippen LogP contribution in [0.3, 0.4) is 0 Å². The maximum absolute atomic E-state index is 13.6. The summed E-state index contributed by atoms with van der Waals surface area (Å²) in [7, 11) is 1.32. The molecule has 2 fully saturated rings. The zero-order valence-electron chi connectivity index (χ0n) is 15.7. The van der Waals surface area contributed by atoms with E-state index in [4.69, 9.17) is 0 Å². The van der Waals surface area contributed by atoms with Crippen molar-refractivity contribution in [2.45, 2.75) is 43.9 Å². The van der Waals surface area contributed by atoms with Crippen molar-refractivity contribution in [2.24, 2.45) is 18.9 Å². The average Bonchev–Trinajstić information content (AvgIpc) is 3.37. The number of amides is 2. The zero-order chi connectivity index (χ0) is 20.5. The number of aliphatic hydroxyl groups is 1. The van der Waals surface area contributed by atoms with Crippen LogP contribution in [0.25, 0.3) is 0 Å². The molecule has 1 aromatic rings. The van der Waals surface area contributed by atoms with E-state index in [0.29, 0.717) is 25.3 Å². The second-order valence-corrected chi connectivity index (χ2v) is 7.76. The highest BCUT2D eigenvalue weighted by Gasteiger charge is 2.59. The summed E-state index contributed by atoms with van der Waals surface area (Å²) >= 11 is 0. The lowest BCUT2D eigenvalue weighted by molar-refractivity contribution is -0.272. The fraction of sp³-hybridized carbons (Fsp3) is 0.722. The Morgan fingerprint density at radius 1 is 1.32 bits per heavy atom. The third kappa shape index (κ3) is 4.31. The zero-order valence-corrected chi connectivity index (χ0v) is 15.7. The molecule has 28 heavy (non-hydrogen) atoms. The molecule has 0 bridgehead atoms. The van der Waals surface area contributed by atoms with Gasteiger partial charge in [-0.2, -0.15) is 13.2 Å². The Hall–Kier alpha value is -2.10. The van der Waals surface area contributed by atoms with Crippen molar-refractivity contribution in [3.8, 4) is 0 Å². The van der Waals surface area contributed by atoms with Crippen LogP contribution < -0.4 is 5.32 Å². The molecule has 7 nitrogen and oxygen atoms in total. The van der Waals surface area contributed by atoms with Gasteiger partial charge >= 0.3 is 6.18 Å². The van der Waals surface area contributed by atoms with Crippen molar-refractivity contribution in [1.82, 2.24) is 19.8 Å². The van der Waals surface area contributed by atoms with E-state index in [0.717, 1.165) is 23.6 Å². The Morgan fingerprint density at radius 2 is 2.04 bits per heavy atom. The monoisotopic (exact) mass is 402 g/mol. The molecule has 1 saturated heterocycles. The third-order valence-electron chi connectivity index (χ3n) is 5.47. The van der Waals surface area contributed by atoms with E-state index in [1.54, 1.807) is 0 Å². The minimum atomic E-state index is -5.07. The topological polar surface area (TPSA) is 87.5 Å². The summed E-state index contributed by atoms with van der Waals surface area (Å²) in [4.78, 5) is 29.7. The number of piperidine rings is 1. The van der Waals surface area contributed by atoms with Crippen LogP contribution in [0.15, 0.2) is 12.4 Å². The highest BCUT2D eigenvalue weighted by molar-refractivity contribution is 5.81. The van der Waals surface area contributed by atoms with Crippen LogP contribution >= 0.6 is 0 Å². The molecule has 1 aliphatic heterocycles. The first-order chi connectivity index (χ1) is 13.1. The average molecular weight is 402 g/mol. The number of imidazole rings is 1. The second-order valence-electron chi connectivity index (χ2n) is 7.76. The third-order valence-corrected chi connectivity index (χ3v) is 5.47. The molecule has 2 atom stereocenters. The number of carbonyl (C=O) groups excluding carboxylic acids is 2. The number of halogens is 3. The van der Waals surface area contributed by atoms with Crippen LogP contribution in [0.5, 0.6) is 0 Å². The molecule has 2 aliphatic rings. The number of likely N-dealkylation sites (tertiary alicyclic amines) is 1. The number of carbonyl (C=O) groups is 2. The summed E-state index contributed by atoms with van der Waals surface area (Å²) in [6.45, 7) is 0.930. The van der Waals surface area contributed by atoms with Crippen molar-refractivity contribution < 1.29 is 27.9 Å². The number of nitrogens with zero attached hydrogens (tertiary/aromatic N) is 3. The molecule has 2 amide bonds. The molecule has 2 heterocycles. The lowest BCUT2D eigenvalue weighted by atomic mass is 9.93. The number of hydrogen-bond acceptors (Lipinski definition) is 4. The van der Waals surface area contributed by atoms with E-state index < -0.39 is 35.8 Å². The van der Waals surface area contributed by atoms with Gasteiger partial charge in [0.05, 0.1) is 12.3 Å². The van der Waals surface area contributed by atoms with Crippen molar-refractivity contribution in [3.05, 3.63) is 18.2 Å². The van der Waals surface area contributed by atoms with Gasteiger partial charge in [-0.05, 0) is 31.6 Å². The molecule has 0 spiro atoms. The normalized spacial score (nSPS) is 22.6. The van der Waals surface area contributed by atoms with Gasteiger partial charge in [0.2, 0.25) is 17.4 Å². The minimum absolute atomic E-state index is 0.0594. The first kappa shape index (κ1) is 20.6. The second kappa shape index (κ2) is 7.73. The lowest BCUT2D eigenvalue weighted by Gasteiger charge is -2.35. The Morgan fingerprint density at radius 3 is 2.61 bits per heavy atom. The van der Waals surface area contributed by atoms with Crippen LogP contribution in [0, 0.1) is 11.8 Å². The summed E-state index contributed by atoms with van der Waals surface area (Å²) in [5.74, 6) is -1.57. The summed E-state index contributed by atoms with van der Waals surface area (Å²) in [6, 6.07) is 0. The number of rotatable bonds is 6. The Labute approximate surface area is 160 Å². The van der Waals surface area contributed by atoms with Gasteiger partial charge in [0.1, 0.15) is 0 Å². The van der Waals surface area contributed by atoms with E-state index in [-0.39, 0.29) is 19.0 Å². The molecule has 1 saturated carbocycles. The Balaban J connectivity index is 1.67. The number of alkyl halides is 3. The maximum Gasteiger partial charge on any atom is 0.425 e. The molecule has 2 N–H and O–H groups in total. The van der Waals surface area contributed by atoms with Gasteiger partial charge < -0.3 is 19.9 Å². The number of aromatic nitrogens is 2. The molecule has 0 radical (unpaired) electrons. The number of aryl methyl sites for hydroxylation is 1. The highest BCUT2D eigenvalue weighted by atomic mass is 19.4. The van der Waals surface area contributed by atoms with Crippen LogP contribution in [-0.2, 0) is 22.2 Å². The predicted octanol–water partition coefficient (Wildman–Crippen LogP) is 1.32. The van der Waals surface area contributed by atoms with E-state index in [1.807, 2.05) is 0 Å². The van der Waals surface area contributed by atoms with Gasteiger partial charge in [0, 0.05) is 39.1 Å². The van der Waals surface area contributed by atoms with Crippen molar-refractivity contribution >= 4 is 11.8 Å². The van der Waals surface area contributed by atoms with Crippen LogP contribution in [0.2, 0.25) is 0 Å². The van der Waals surface area contributed by atoms with Gasteiger partial charge in [0.25, 0.3) is 0 Å². The van der Waals surface area contributed by atoms with Gasteiger partial charge in [-0.1, -0.05) is 0 Å². The molecule has 0 aromatic carbocycles. The summed E-state index contributed by atoms with van der Waals surface area (Å²) in [5.41, 5.74) is -3.39. The first-order valence-corrected chi connectivity index (χ1v) is 9.44. The number of hydrogen-bond donors (Lipinski definition) is 2. The van der Waals surface area contributed by atoms with Crippen molar-refractivity contribution in [2.75, 3.05) is 19.6 Å². The van der Waals surface area contributed by atoms with Gasteiger partial charge in [-0.25, -0.2) is 4.98 Å². The van der Waals surface area contributed by atoms with Crippen LogP contribution in [0.1, 0.15) is 37.9 Å². The van der Waals surface area contributed by atoms with Gasteiger partial charge in [-0.3, -0.25) is 9.59 Å². The predicted molar refractivity (Wildman–Crippen MR) is 92.8 cm³/mol. The molecule has 2 unspecified atom stereocenters. The fourth-order valence-corrected chi connectivity index (χ4v) is 3.53. The molecular weight excluding hydrogens is 377 g/mol. The Bertz CT molecular complexity index is 732. The lowest BCUT2D eigenvalue weighted by Crippen LogP contribution is -2.51. The van der Waals surface area contributed by atoms with E-state index in [2.05, 4.69) is 10.3 Å². The molecule has 1 aliphatic carbocycles. The first-order valence-electron chi connectivity index (χ1n) is 9.44. The van der Waals surface area contributed by atoms with E-state index in [9.17, 15) is 27.9 Å². The van der Waals surface area contributed by atoms with Crippen LogP contribution in [0.4, 0.5) is 13.2 Å². The Kier molecular flexibility index (Phi) is 5.69. The molecule has 1 aromatic heterocycles. The molecule has 156 valence electrons. The molecule has 3 rings (SSSR count). The minimum Gasteiger partial charge on any atom is -0.374 e. The van der Waals surface area contributed by atoms with Gasteiger partial charge in [0.15, 0.2) is 5.82 Å². The van der Waals surface area contributed by atoms with Crippen molar-refractivity contribution in [3.63, 3.8) is 0 Å². The summed E-state index contributed by atoms with van der Waals surface area (Å²) in [6.07, 6.45) is -0.521. The maximum atomic E-state index is 13.6.